The summed E-state index contributed by atoms with van der Waals surface area (Å²) in [6, 6.07) is 5.98. The molecule has 0 saturated heterocycles. The molecule has 1 aromatic carbocycles. The minimum atomic E-state index is -0.345. The van der Waals surface area contributed by atoms with Gasteiger partial charge in [-0.15, -0.1) is 0 Å². The van der Waals surface area contributed by atoms with Crippen LogP contribution in [0.3, 0.4) is 0 Å². The fourth-order valence-corrected chi connectivity index (χ4v) is 3.26. The van der Waals surface area contributed by atoms with Crippen LogP contribution in [0, 0.1) is 5.82 Å². The second kappa shape index (κ2) is 6.96. The van der Waals surface area contributed by atoms with Crippen LogP contribution in [-0.4, -0.2) is 38.1 Å². The predicted octanol–water partition coefficient (Wildman–Crippen LogP) is 3.00. The number of carbonyl (C=O) groups excluding carboxylic acids is 1. The van der Waals surface area contributed by atoms with Crippen molar-refractivity contribution in [3.8, 4) is 5.69 Å². The number of esters is 1. The number of hydrogen-bond acceptors (Lipinski definition) is 6. The number of thioether (sulfide) groups is 1. The summed E-state index contributed by atoms with van der Waals surface area (Å²) in [4.78, 5) is 20.3. The van der Waals surface area contributed by atoms with Gasteiger partial charge in [0.25, 0.3) is 0 Å². The molecule has 0 spiro atoms. The van der Waals surface area contributed by atoms with Gasteiger partial charge in [0.15, 0.2) is 5.65 Å². The van der Waals surface area contributed by atoms with Gasteiger partial charge in [0.2, 0.25) is 0 Å². The molecule has 3 aromatic rings. The zero-order valence-corrected chi connectivity index (χ0v) is 14.0. The second-order valence-electron chi connectivity index (χ2n) is 4.99. The Morgan fingerprint density at radius 2 is 2.08 bits per heavy atom. The maximum absolute atomic E-state index is 13.1. The Labute approximate surface area is 142 Å². The van der Waals surface area contributed by atoms with Crippen molar-refractivity contribution in [3.05, 3.63) is 42.6 Å². The number of carbonyl (C=O) groups is 1. The van der Waals surface area contributed by atoms with Crippen molar-refractivity contribution < 1.29 is 13.9 Å². The van der Waals surface area contributed by atoms with Gasteiger partial charge in [-0.2, -0.15) is 5.10 Å². The molecule has 0 aliphatic heterocycles. The largest absolute Gasteiger partial charge is 0.468 e. The molecule has 0 bridgehead atoms. The van der Waals surface area contributed by atoms with Crippen molar-refractivity contribution in [1.29, 1.82) is 0 Å². The van der Waals surface area contributed by atoms with Gasteiger partial charge in [-0.1, -0.05) is 18.7 Å². The highest BCUT2D eigenvalue weighted by molar-refractivity contribution is 8.00. The van der Waals surface area contributed by atoms with E-state index in [4.69, 9.17) is 4.74 Å². The first-order valence-corrected chi connectivity index (χ1v) is 8.21. The van der Waals surface area contributed by atoms with Gasteiger partial charge in [0.05, 0.1) is 24.4 Å². The molecule has 0 unspecified atom stereocenters. The average Bonchev–Trinajstić information content (AvgIpc) is 3.04. The number of ether oxygens (including phenoxy) is 1. The van der Waals surface area contributed by atoms with E-state index in [1.54, 1.807) is 23.0 Å². The Bertz CT molecular complexity index is 866. The lowest BCUT2D eigenvalue weighted by Gasteiger charge is -2.11. The molecule has 2 aromatic heterocycles. The van der Waals surface area contributed by atoms with Crippen LogP contribution in [-0.2, 0) is 9.53 Å². The van der Waals surface area contributed by atoms with Gasteiger partial charge in [-0.3, -0.25) is 4.79 Å². The minimum absolute atomic E-state index is 0.291. The van der Waals surface area contributed by atoms with Crippen molar-refractivity contribution in [1.82, 2.24) is 19.7 Å². The number of rotatable bonds is 5. The van der Waals surface area contributed by atoms with E-state index in [0.717, 1.165) is 5.39 Å². The molecule has 0 fully saturated rings. The van der Waals surface area contributed by atoms with Crippen LogP contribution >= 0.6 is 11.8 Å². The number of nitrogens with zero attached hydrogens (tertiary/aromatic N) is 4. The third-order valence-electron chi connectivity index (χ3n) is 3.49. The summed E-state index contributed by atoms with van der Waals surface area (Å²) in [6.45, 7) is 1.91. The summed E-state index contributed by atoms with van der Waals surface area (Å²) in [5, 5.41) is 5.36. The zero-order chi connectivity index (χ0) is 17.1. The Hall–Kier alpha value is -2.48. The van der Waals surface area contributed by atoms with E-state index in [0.29, 0.717) is 22.8 Å². The molecule has 0 radical (unpaired) electrons. The summed E-state index contributed by atoms with van der Waals surface area (Å²) in [5.74, 6) is -0.606. The standard InChI is InChI=1S/C16H15FN4O2S/c1-3-13(16(22)23-2)24-15-12-8-20-21(14(12)18-9-19-15)11-6-4-10(17)5-7-11/h4-9,13H,3H2,1-2H3/t13-/m0/s1. The fourth-order valence-electron chi connectivity index (χ4n) is 2.25. The van der Waals surface area contributed by atoms with Crippen molar-refractivity contribution in [2.45, 2.75) is 23.6 Å². The molecule has 0 N–H and O–H groups in total. The molecule has 0 aliphatic carbocycles. The van der Waals surface area contributed by atoms with Crippen molar-refractivity contribution >= 4 is 28.8 Å². The quantitative estimate of drug-likeness (QED) is 0.402. The molecule has 0 aliphatic rings. The van der Waals surface area contributed by atoms with E-state index in [1.165, 1.54) is 37.3 Å². The molecule has 6 nitrogen and oxygen atoms in total. The van der Waals surface area contributed by atoms with Crippen LogP contribution in [0.2, 0.25) is 0 Å². The van der Waals surface area contributed by atoms with E-state index < -0.39 is 0 Å². The third-order valence-corrected chi connectivity index (χ3v) is 4.85. The summed E-state index contributed by atoms with van der Waals surface area (Å²) >= 11 is 1.32. The molecular formula is C16H15FN4O2S. The molecule has 8 heteroatoms. The van der Waals surface area contributed by atoms with Crippen molar-refractivity contribution in [2.75, 3.05) is 7.11 Å². The number of aromatic nitrogens is 4. The molecule has 24 heavy (non-hydrogen) atoms. The Kier molecular flexibility index (Phi) is 4.75. The molecule has 2 heterocycles. The lowest BCUT2D eigenvalue weighted by Crippen LogP contribution is -2.17. The normalized spacial score (nSPS) is 12.3. The number of halogens is 1. The Morgan fingerprint density at radius 1 is 1.33 bits per heavy atom. The van der Waals surface area contributed by atoms with Crippen molar-refractivity contribution in [2.24, 2.45) is 0 Å². The van der Waals surface area contributed by atoms with Gasteiger partial charge >= 0.3 is 5.97 Å². The molecule has 0 amide bonds. The van der Waals surface area contributed by atoms with E-state index in [9.17, 15) is 9.18 Å². The van der Waals surface area contributed by atoms with Gasteiger partial charge in [0, 0.05) is 0 Å². The average molecular weight is 346 g/mol. The van der Waals surface area contributed by atoms with Gasteiger partial charge in [0.1, 0.15) is 22.4 Å². The molecular weight excluding hydrogens is 331 g/mol. The summed E-state index contributed by atoms with van der Waals surface area (Å²) in [6.07, 6.45) is 3.69. The highest BCUT2D eigenvalue weighted by atomic mass is 32.2. The van der Waals surface area contributed by atoms with Crippen LogP contribution in [0.15, 0.2) is 41.8 Å². The molecule has 3 rings (SSSR count). The first-order chi connectivity index (χ1) is 11.6. The van der Waals surface area contributed by atoms with Gasteiger partial charge in [-0.25, -0.2) is 19.0 Å². The number of methoxy groups -OCH3 is 1. The smallest absolute Gasteiger partial charge is 0.319 e. The lowest BCUT2D eigenvalue weighted by molar-refractivity contribution is -0.140. The number of benzene rings is 1. The van der Waals surface area contributed by atoms with Crippen LogP contribution in [0.4, 0.5) is 4.39 Å². The van der Waals surface area contributed by atoms with E-state index in [-0.39, 0.29) is 17.0 Å². The van der Waals surface area contributed by atoms with Crippen LogP contribution in [0.1, 0.15) is 13.3 Å². The van der Waals surface area contributed by atoms with E-state index in [2.05, 4.69) is 15.1 Å². The maximum Gasteiger partial charge on any atom is 0.319 e. The van der Waals surface area contributed by atoms with Crippen LogP contribution in [0.25, 0.3) is 16.7 Å². The summed E-state index contributed by atoms with van der Waals surface area (Å²) in [7, 11) is 1.37. The lowest BCUT2D eigenvalue weighted by atomic mass is 10.3. The highest BCUT2D eigenvalue weighted by Crippen LogP contribution is 2.30. The van der Waals surface area contributed by atoms with Crippen LogP contribution < -0.4 is 0 Å². The zero-order valence-electron chi connectivity index (χ0n) is 13.1. The number of fused-ring (bicyclic) bond motifs is 1. The van der Waals surface area contributed by atoms with E-state index in [1.807, 2.05) is 6.92 Å². The molecule has 1 atom stereocenters. The monoisotopic (exact) mass is 346 g/mol. The van der Waals surface area contributed by atoms with Crippen LogP contribution in [0.5, 0.6) is 0 Å². The van der Waals surface area contributed by atoms with Crippen molar-refractivity contribution in [3.63, 3.8) is 0 Å². The predicted molar refractivity (Wildman–Crippen MR) is 88.6 cm³/mol. The molecule has 124 valence electrons. The van der Waals surface area contributed by atoms with E-state index >= 15 is 0 Å². The summed E-state index contributed by atoms with van der Waals surface area (Å²) < 4.78 is 19.5. The first-order valence-electron chi connectivity index (χ1n) is 7.33. The minimum Gasteiger partial charge on any atom is -0.468 e. The highest BCUT2D eigenvalue weighted by Gasteiger charge is 2.21. The topological polar surface area (TPSA) is 69.9 Å². The SMILES string of the molecule is CC[C@H](Sc1ncnc2c1cnn2-c1ccc(F)cc1)C(=O)OC. The van der Waals surface area contributed by atoms with Gasteiger partial charge in [-0.05, 0) is 30.7 Å². The van der Waals surface area contributed by atoms with Gasteiger partial charge < -0.3 is 4.74 Å². The Morgan fingerprint density at radius 3 is 2.75 bits per heavy atom. The number of hydrogen-bond donors (Lipinski definition) is 0. The molecule has 0 saturated carbocycles. The first kappa shape index (κ1) is 16.4. The second-order valence-corrected chi connectivity index (χ2v) is 6.18. The fraction of sp³-hybridized carbons (Fsp3) is 0.250. The Balaban J connectivity index is 2.00. The maximum atomic E-state index is 13.1. The third kappa shape index (κ3) is 3.09. The summed E-state index contributed by atoms with van der Waals surface area (Å²) in [5.41, 5.74) is 1.29.